The molecule has 1 aliphatic rings. The number of nitrogens with zero attached hydrogens (tertiary/aromatic N) is 2. The van der Waals surface area contributed by atoms with Crippen molar-refractivity contribution in [1.82, 2.24) is 9.71 Å². The first-order valence-corrected chi connectivity index (χ1v) is 7.13. The Kier molecular flexibility index (Phi) is 7.14. The van der Waals surface area contributed by atoms with Crippen LogP contribution in [0.2, 0.25) is 5.82 Å². The first-order chi connectivity index (χ1) is 7.72. The highest BCUT2D eigenvalue weighted by Crippen LogP contribution is 2.16. The Morgan fingerprint density at radius 2 is 1.75 bits per heavy atom. The number of unbranched alkanes of at least 4 members (excludes halogenated alkanes) is 3. The summed E-state index contributed by atoms with van der Waals surface area (Å²) >= 11 is 0. The summed E-state index contributed by atoms with van der Waals surface area (Å²) in [6.45, 7) is 9.76. The van der Waals surface area contributed by atoms with Crippen LogP contribution in [0.5, 0.6) is 0 Å². The number of hydrogen-bond donors (Lipinski definition) is 0. The van der Waals surface area contributed by atoms with Gasteiger partial charge in [0.1, 0.15) is 0 Å². The van der Waals surface area contributed by atoms with E-state index in [2.05, 4.69) is 30.6 Å². The van der Waals surface area contributed by atoms with Gasteiger partial charge in [0.25, 0.3) is 0 Å². The highest BCUT2D eigenvalue weighted by molar-refractivity contribution is 6.34. The molecule has 1 atom stereocenters. The molecule has 0 bridgehead atoms. The molecule has 1 heterocycles. The Labute approximate surface area is 103 Å². The SMILES string of the molecule is CCCCCCC(C)BN1CCN(C)CC1. The monoisotopic (exact) mass is 224 g/mol. The quantitative estimate of drug-likeness (QED) is 0.484. The zero-order valence-corrected chi connectivity index (χ0v) is 11.5. The molecule has 0 aromatic carbocycles. The molecule has 0 aromatic heterocycles. The summed E-state index contributed by atoms with van der Waals surface area (Å²) in [6.07, 6.45) is 7.06. The smallest absolute Gasteiger partial charge is 0.207 e. The fourth-order valence-corrected chi connectivity index (χ4v) is 2.48. The van der Waals surface area contributed by atoms with E-state index in [1.807, 2.05) is 0 Å². The van der Waals surface area contributed by atoms with Crippen LogP contribution in [0.25, 0.3) is 0 Å². The van der Waals surface area contributed by atoms with Gasteiger partial charge in [-0.3, -0.25) is 0 Å². The molecule has 2 nitrogen and oxygen atoms in total. The second kappa shape index (κ2) is 8.13. The molecule has 0 radical (unpaired) electrons. The van der Waals surface area contributed by atoms with Crippen molar-refractivity contribution < 1.29 is 0 Å². The lowest BCUT2D eigenvalue weighted by molar-refractivity contribution is 0.222. The molecule has 16 heavy (non-hydrogen) atoms. The van der Waals surface area contributed by atoms with Crippen molar-refractivity contribution in [3.05, 3.63) is 0 Å². The van der Waals surface area contributed by atoms with Gasteiger partial charge in [-0.05, 0) is 20.1 Å². The van der Waals surface area contributed by atoms with Gasteiger partial charge in [0, 0.05) is 13.1 Å². The highest BCUT2D eigenvalue weighted by atomic mass is 15.2. The van der Waals surface area contributed by atoms with Gasteiger partial charge in [0.15, 0.2) is 0 Å². The van der Waals surface area contributed by atoms with E-state index >= 15 is 0 Å². The van der Waals surface area contributed by atoms with Crippen LogP contribution in [0.1, 0.15) is 46.0 Å². The fourth-order valence-electron chi connectivity index (χ4n) is 2.48. The molecule has 0 N–H and O–H groups in total. The fraction of sp³-hybridized carbons (Fsp3) is 1.00. The zero-order valence-electron chi connectivity index (χ0n) is 11.5. The highest BCUT2D eigenvalue weighted by Gasteiger charge is 2.16. The van der Waals surface area contributed by atoms with Crippen LogP contribution in [0.4, 0.5) is 0 Å². The standard InChI is InChI=1S/C13H29BN2/c1-4-5-6-7-8-13(2)14-16-11-9-15(3)10-12-16/h13-14H,4-12H2,1-3H3. The molecule has 0 saturated carbocycles. The molecular weight excluding hydrogens is 195 g/mol. The van der Waals surface area contributed by atoms with Crippen LogP contribution in [0, 0.1) is 0 Å². The minimum atomic E-state index is 0.889. The van der Waals surface area contributed by atoms with Crippen LogP contribution >= 0.6 is 0 Å². The Morgan fingerprint density at radius 3 is 2.38 bits per heavy atom. The average molecular weight is 224 g/mol. The van der Waals surface area contributed by atoms with E-state index in [4.69, 9.17) is 0 Å². The first kappa shape index (κ1) is 14.0. The third-order valence-corrected chi connectivity index (χ3v) is 3.72. The maximum absolute atomic E-state index is 2.64. The molecule has 0 amide bonds. The summed E-state index contributed by atoms with van der Waals surface area (Å²) in [5, 5.41) is 0. The summed E-state index contributed by atoms with van der Waals surface area (Å²) in [5.41, 5.74) is 0. The van der Waals surface area contributed by atoms with Crippen LogP contribution in [-0.2, 0) is 0 Å². The van der Waals surface area contributed by atoms with Gasteiger partial charge in [0.2, 0.25) is 7.41 Å². The predicted octanol–water partition coefficient (Wildman–Crippen LogP) is 2.36. The van der Waals surface area contributed by atoms with Crippen LogP contribution in [0.3, 0.4) is 0 Å². The van der Waals surface area contributed by atoms with Crippen LogP contribution < -0.4 is 0 Å². The zero-order chi connectivity index (χ0) is 11.8. The molecule has 3 heteroatoms. The van der Waals surface area contributed by atoms with Crippen molar-refractivity contribution >= 4 is 7.41 Å². The van der Waals surface area contributed by atoms with E-state index in [1.54, 1.807) is 0 Å². The molecule has 1 fully saturated rings. The number of hydrogen-bond acceptors (Lipinski definition) is 2. The van der Waals surface area contributed by atoms with E-state index < -0.39 is 0 Å². The van der Waals surface area contributed by atoms with Gasteiger partial charge in [-0.1, -0.05) is 51.8 Å². The third-order valence-electron chi connectivity index (χ3n) is 3.72. The number of likely N-dealkylation sites (N-methyl/N-ethyl adjacent to an activating group) is 1. The van der Waals surface area contributed by atoms with Gasteiger partial charge in [0.05, 0.1) is 0 Å². The van der Waals surface area contributed by atoms with Crippen molar-refractivity contribution in [2.75, 3.05) is 33.2 Å². The maximum Gasteiger partial charge on any atom is 0.207 e. The van der Waals surface area contributed by atoms with E-state index in [9.17, 15) is 0 Å². The molecular formula is C13H29BN2. The lowest BCUT2D eigenvalue weighted by Crippen LogP contribution is -2.46. The maximum atomic E-state index is 2.64. The summed E-state index contributed by atoms with van der Waals surface area (Å²) in [4.78, 5) is 5.08. The van der Waals surface area contributed by atoms with E-state index in [1.165, 1.54) is 65.7 Å². The van der Waals surface area contributed by atoms with Gasteiger partial charge in [-0.2, -0.15) is 0 Å². The Hall–Kier alpha value is -0.0151. The molecule has 0 spiro atoms. The summed E-state index contributed by atoms with van der Waals surface area (Å²) in [5.74, 6) is 0.889. The topological polar surface area (TPSA) is 6.48 Å². The van der Waals surface area contributed by atoms with Crippen LogP contribution in [0.15, 0.2) is 0 Å². The molecule has 1 rings (SSSR count). The first-order valence-electron chi connectivity index (χ1n) is 7.13. The largest absolute Gasteiger partial charge is 0.343 e. The summed E-state index contributed by atoms with van der Waals surface area (Å²) < 4.78 is 0. The Balaban J connectivity index is 2.02. The summed E-state index contributed by atoms with van der Waals surface area (Å²) in [6, 6.07) is 0. The van der Waals surface area contributed by atoms with Crippen molar-refractivity contribution in [2.24, 2.45) is 0 Å². The molecule has 1 unspecified atom stereocenters. The molecule has 1 saturated heterocycles. The van der Waals surface area contributed by atoms with Crippen molar-refractivity contribution in [2.45, 2.75) is 51.8 Å². The van der Waals surface area contributed by atoms with Crippen molar-refractivity contribution in [3.63, 3.8) is 0 Å². The Morgan fingerprint density at radius 1 is 1.06 bits per heavy atom. The molecule has 0 aromatic rings. The normalized spacial score (nSPS) is 20.9. The van der Waals surface area contributed by atoms with Gasteiger partial charge >= 0.3 is 0 Å². The van der Waals surface area contributed by atoms with Gasteiger partial charge < -0.3 is 9.71 Å². The second-order valence-electron chi connectivity index (χ2n) is 5.56. The lowest BCUT2D eigenvalue weighted by Gasteiger charge is -2.33. The number of rotatable bonds is 7. The van der Waals surface area contributed by atoms with Crippen molar-refractivity contribution in [1.29, 1.82) is 0 Å². The van der Waals surface area contributed by atoms with Gasteiger partial charge in [-0.25, -0.2) is 0 Å². The lowest BCUT2D eigenvalue weighted by atomic mass is 9.71. The second-order valence-corrected chi connectivity index (χ2v) is 5.56. The third kappa shape index (κ3) is 5.90. The molecule has 0 aliphatic carbocycles. The number of piperazine rings is 1. The summed E-state index contributed by atoms with van der Waals surface area (Å²) in [7, 11) is 3.55. The minimum absolute atomic E-state index is 0.889. The van der Waals surface area contributed by atoms with E-state index in [0.717, 1.165) is 5.82 Å². The Bertz CT molecular complexity index is 167. The van der Waals surface area contributed by atoms with E-state index in [0.29, 0.717) is 0 Å². The van der Waals surface area contributed by atoms with Gasteiger partial charge in [-0.15, -0.1) is 0 Å². The molecule has 94 valence electrons. The minimum Gasteiger partial charge on any atom is -0.343 e. The average Bonchev–Trinajstić information content (AvgIpc) is 2.28. The molecule has 1 aliphatic heterocycles. The van der Waals surface area contributed by atoms with E-state index in [-0.39, 0.29) is 0 Å². The predicted molar refractivity (Wildman–Crippen MR) is 74.4 cm³/mol. The van der Waals surface area contributed by atoms with Crippen LogP contribution in [-0.4, -0.2) is 50.4 Å². The van der Waals surface area contributed by atoms with Crippen molar-refractivity contribution in [3.8, 4) is 0 Å².